The van der Waals surface area contributed by atoms with Crippen LogP contribution in [0.2, 0.25) is 5.02 Å². The molecule has 9 heteroatoms. The summed E-state index contributed by atoms with van der Waals surface area (Å²) < 4.78 is 7.76. The van der Waals surface area contributed by atoms with E-state index in [1.807, 2.05) is 64.1 Å². The van der Waals surface area contributed by atoms with Crippen molar-refractivity contribution < 1.29 is 9.53 Å². The predicted molar refractivity (Wildman–Crippen MR) is 136 cm³/mol. The maximum Gasteiger partial charge on any atom is 0.233 e. The van der Waals surface area contributed by atoms with Gasteiger partial charge < -0.3 is 9.64 Å². The van der Waals surface area contributed by atoms with Gasteiger partial charge in [0.05, 0.1) is 5.75 Å². The number of thioether (sulfide) groups is 1. The zero-order chi connectivity index (χ0) is 23.8. The van der Waals surface area contributed by atoms with E-state index in [2.05, 4.69) is 21.7 Å². The van der Waals surface area contributed by atoms with Gasteiger partial charge in [0.15, 0.2) is 11.0 Å². The van der Waals surface area contributed by atoms with Crippen molar-refractivity contribution in [2.24, 2.45) is 0 Å². The number of piperazine rings is 1. The molecule has 0 saturated carbocycles. The van der Waals surface area contributed by atoms with Gasteiger partial charge in [-0.15, -0.1) is 16.8 Å². The molecule has 0 aliphatic carbocycles. The lowest BCUT2D eigenvalue weighted by molar-refractivity contribution is -0.130. The van der Waals surface area contributed by atoms with Crippen molar-refractivity contribution in [3.63, 3.8) is 0 Å². The van der Waals surface area contributed by atoms with Crippen LogP contribution in [-0.4, -0.2) is 75.6 Å². The summed E-state index contributed by atoms with van der Waals surface area (Å²) in [6.07, 6.45) is 1.80. The summed E-state index contributed by atoms with van der Waals surface area (Å²) in [5.41, 5.74) is 0.921. The summed E-state index contributed by atoms with van der Waals surface area (Å²) in [7, 11) is 0. The average molecular weight is 498 g/mol. The van der Waals surface area contributed by atoms with Crippen LogP contribution < -0.4 is 4.74 Å². The van der Waals surface area contributed by atoms with Gasteiger partial charge in [0.25, 0.3) is 0 Å². The van der Waals surface area contributed by atoms with E-state index in [0.29, 0.717) is 29.1 Å². The summed E-state index contributed by atoms with van der Waals surface area (Å²) in [5, 5.41) is 10.0. The van der Waals surface area contributed by atoms with Gasteiger partial charge in [-0.1, -0.05) is 47.6 Å². The fourth-order valence-electron chi connectivity index (χ4n) is 3.75. The minimum absolute atomic E-state index is 0.117. The van der Waals surface area contributed by atoms with Crippen molar-refractivity contribution in [3.8, 4) is 17.1 Å². The Morgan fingerprint density at radius 2 is 1.79 bits per heavy atom. The third-order valence-electron chi connectivity index (χ3n) is 5.60. The molecule has 1 amide bonds. The zero-order valence-electron chi connectivity index (χ0n) is 19.0. The Bertz CT molecular complexity index is 1080. The number of amides is 1. The number of rotatable bonds is 10. The number of aromatic nitrogens is 3. The molecular weight excluding hydrogens is 470 g/mol. The molecule has 1 aliphatic rings. The van der Waals surface area contributed by atoms with E-state index in [1.54, 1.807) is 6.08 Å². The van der Waals surface area contributed by atoms with Crippen LogP contribution >= 0.6 is 23.4 Å². The standard InChI is InChI=1S/C25H28ClN5O2S/c1-2-12-31-24(20-8-10-21(26)11-9-20)27-28-25(31)34-19-23(32)30-15-13-29(14-16-30)17-18-33-22-6-4-3-5-7-22/h2-11H,1,12-19H2. The van der Waals surface area contributed by atoms with Crippen LogP contribution in [0.3, 0.4) is 0 Å². The quantitative estimate of drug-likeness (QED) is 0.310. The highest BCUT2D eigenvalue weighted by molar-refractivity contribution is 7.99. The molecular formula is C25H28ClN5O2S. The van der Waals surface area contributed by atoms with Gasteiger partial charge in [0.1, 0.15) is 12.4 Å². The second-order valence-corrected chi connectivity index (χ2v) is 9.26. The number of hydrogen-bond donors (Lipinski definition) is 0. The molecule has 0 N–H and O–H groups in total. The van der Waals surface area contributed by atoms with E-state index in [4.69, 9.17) is 16.3 Å². The molecule has 178 valence electrons. The highest BCUT2D eigenvalue weighted by Crippen LogP contribution is 2.25. The fraction of sp³-hybridized carbons (Fsp3) is 0.320. The number of nitrogens with zero attached hydrogens (tertiary/aromatic N) is 5. The van der Waals surface area contributed by atoms with Gasteiger partial charge in [-0.25, -0.2) is 0 Å². The van der Waals surface area contributed by atoms with E-state index < -0.39 is 0 Å². The van der Waals surface area contributed by atoms with Crippen molar-refractivity contribution in [2.75, 3.05) is 45.1 Å². The number of carbonyl (C=O) groups is 1. The Morgan fingerprint density at radius 1 is 1.06 bits per heavy atom. The van der Waals surface area contributed by atoms with E-state index in [-0.39, 0.29) is 5.91 Å². The largest absolute Gasteiger partial charge is 0.492 e. The number of hydrogen-bond acceptors (Lipinski definition) is 6. The summed E-state index contributed by atoms with van der Waals surface area (Å²) in [6.45, 7) is 9.04. The van der Waals surface area contributed by atoms with Gasteiger partial charge in [-0.3, -0.25) is 14.3 Å². The Balaban J connectivity index is 1.25. The molecule has 4 rings (SSSR count). The first-order valence-electron chi connectivity index (χ1n) is 11.2. The third-order valence-corrected chi connectivity index (χ3v) is 6.80. The van der Waals surface area contributed by atoms with Crippen LogP contribution in [0.4, 0.5) is 0 Å². The zero-order valence-corrected chi connectivity index (χ0v) is 20.5. The van der Waals surface area contributed by atoms with Crippen LogP contribution in [0.1, 0.15) is 0 Å². The Morgan fingerprint density at radius 3 is 2.50 bits per heavy atom. The number of allylic oxidation sites excluding steroid dienone is 1. The minimum atomic E-state index is 0.117. The van der Waals surface area contributed by atoms with Crippen molar-refractivity contribution in [1.29, 1.82) is 0 Å². The van der Waals surface area contributed by atoms with Crippen molar-refractivity contribution in [2.45, 2.75) is 11.7 Å². The molecule has 0 spiro atoms. The average Bonchev–Trinajstić information content (AvgIpc) is 3.27. The molecule has 0 radical (unpaired) electrons. The van der Waals surface area contributed by atoms with Crippen molar-refractivity contribution in [1.82, 2.24) is 24.6 Å². The lowest BCUT2D eigenvalue weighted by Gasteiger charge is -2.34. The van der Waals surface area contributed by atoms with E-state index in [0.717, 1.165) is 49.9 Å². The van der Waals surface area contributed by atoms with E-state index in [9.17, 15) is 4.79 Å². The maximum absolute atomic E-state index is 12.8. The molecule has 1 saturated heterocycles. The Hall–Kier alpha value is -2.81. The van der Waals surface area contributed by atoms with Gasteiger partial charge in [-0.2, -0.15) is 0 Å². The Labute approximate surface area is 209 Å². The van der Waals surface area contributed by atoms with Gasteiger partial charge in [0.2, 0.25) is 5.91 Å². The number of ether oxygens (including phenoxy) is 1. The van der Waals surface area contributed by atoms with Crippen LogP contribution in [0, 0.1) is 0 Å². The molecule has 2 aromatic carbocycles. The Kier molecular flexibility index (Phi) is 8.62. The van der Waals surface area contributed by atoms with Gasteiger partial charge in [0, 0.05) is 49.9 Å². The lowest BCUT2D eigenvalue weighted by atomic mass is 10.2. The molecule has 0 unspecified atom stereocenters. The third kappa shape index (κ3) is 6.40. The van der Waals surface area contributed by atoms with Crippen LogP contribution in [-0.2, 0) is 11.3 Å². The smallest absolute Gasteiger partial charge is 0.233 e. The first-order valence-corrected chi connectivity index (χ1v) is 12.6. The van der Waals surface area contributed by atoms with Crippen LogP contribution in [0.25, 0.3) is 11.4 Å². The lowest BCUT2D eigenvalue weighted by Crippen LogP contribution is -2.50. The number of para-hydroxylation sites is 1. The summed E-state index contributed by atoms with van der Waals surface area (Å²) in [4.78, 5) is 17.1. The SMILES string of the molecule is C=CCn1c(SCC(=O)N2CCN(CCOc3ccccc3)CC2)nnc1-c1ccc(Cl)cc1. The molecule has 1 aromatic heterocycles. The summed E-state index contributed by atoms with van der Waals surface area (Å²) in [6, 6.07) is 17.3. The maximum atomic E-state index is 12.8. The highest BCUT2D eigenvalue weighted by Gasteiger charge is 2.22. The molecule has 0 bridgehead atoms. The monoisotopic (exact) mass is 497 g/mol. The van der Waals surface area contributed by atoms with E-state index >= 15 is 0 Å². The van der Waals surface area contributed by atoms with Crippen molar-refractivity contribution >= 4 is 29.3 Å². The van der Waals surface area contributed by atoms with Crippen LogP contribution in [0.5, 0.6) is 5.75 Å². The normalized spacial score (nSPS) is 14.2. The van der Waals surface area contributed by atoms with Gasteiger partial charge >= 0.3 is 0 Å². The summed E-state index contributed by atoms with van der Waals surface area (Å²) in [5.74, 6) is 2.06. The topological polar surface area (TPSA) is 63.5 Å². The van der Waals surface area contributed by atoms with Gasteiger partial charge in [-0.05, 0) is 36.4 Å². The fourth-order valence-corrected chi connectivity index (χ4v) is 4.73. The molecule has 7 nitrogen and oxygen atoms in total. The van der Waals surface area contributed by atoms with E-state index in [1.165, 1.54) is 11.8 Å². The minimum Gasteiger partial charge on any atom is -0.492 e. The highest BCUT2D eigenvalue weighted by atomic mass is 35.5. The van der Waals surface area contributed by atoms with Crippen LogP contribution in [0.15, 0.2) is 72.4 Å². The molecule has 34 heavy (non-hydrogen) atoms. The second-order valence-electron chi connectivity index (χ2n) is 7.88. The molecule has 1 aliphatic heterocycles. The number of benzene rings is 2. The molecule has 0 atom stereocenters. The molecule has 2 heterocycles. The second kappa shape index (κ2) is 12.1. The number of halogens is 1. The molecule has 1 fully saturated rings. The predicted octanol–water partition coefficient (Wildman–Crippen LogP) is 4.10. The summed E-state index contributed by atoms with van der Waals surface area (Å²) >= 11 is 7.42. The number of carbonyl (C=O) groups excluding carboxylic acids is 1. The van der Waals surface area contributed by atoms with Crippen molar-refractivity contribution in [3.05, 3.63) is 72.3 Å². The molecule has 3 aromatic rings. The first kappa shape index (κ1) is 24.3. The first-order chi connectivity index (χ1) is 16.6.